The number of hydrazone groups is 1. The van der Waals surface area contributed by atoms with Crippen molar-refractivity contribution in [3.05, 3.63) is 87.4 Å². The summed E-state index contributed by atoms with van der Waals surface area (Å²) in [4.78, 5) is 24.0. The highest BCUT2D eigenvalue weighted by molar-refractivity contribution is 6.42. The molecule has 8 nitrogen and oxygen atoms in total. The average Bonchev–Trinajstić information content (AvgIpc) is 2.89. The molecule has 2 N–H and O–H groups in total. The van der Waals surface area contributed by atoms with Gasteiger partial charge in [0.15, 0.2) is 11.5 Å². The molecule has 0 aliphatic rings. The molecule has 0 bridgehead atoms. The van der Waals surface area contributed by atoms with Crippen LogP contribution < -0.4 is 25.0 Å². The van der Waals surface area contributed by atoms with Crippen LogP contribution in [0.15, 0.2) is 65.8 Å². The number of amides is 2. The zero-order chi connectivity index (χ0) is 25.9. The molecule has 0 aliphatic heterocycles. The van der Waals surface area contributed by atoms with Crippen LogP contribution in [0.25, 0.3) is 0 Å². The molecule has 0 aromatic heterocycles. The summed E-state index contributed by atoms with van der Waals surface area (Å²) in [7, 11) is 1.57. The maximum atomic E-state index is 12.0. The Labute approximate surface area is 219 Å². The first-order valence-corrected chi connectivity index (χ1v) is 11.7. The molecule has 36 heavy (non-hydrogen) atoms. The standard InChI is InChI=1S/C26H25Cl2N3O5/c1-3-35-24-13-18(7-11-23(24)36-16-19-6-10-21(27)22(28)12-19)15-30-31-26(33)25(32)29-14-17-4-8-20(34-2)9-5-17/h4-13,15H,3,14,16H2,1-2H3,(H,29,32)(H,31,33)/b30-15-. The van der Waals surface area contributed by atoms with Gasteiger partial charge in [0, 0.05) is 6.54 Å². The molecule has 0 heterocycles. The summed E-state index contributed by atoms with van der Waals surface area (Å²) in [5.41, 5.74) is 4.53. The molecular weight excluding hydrogens is 505 g/mol. The number of hydrogen-bond acceptors (Lipinski definition) is 6. The van der Waals surface area contributed by atoms with Crippen molar-refractivity contribution in [1.29, 1.82) is 0 Å². The number of halogens is 2. The summed E-state index contributed by atoms with van der Waals surface area (Å²) in [6.45, 7) is 2.75. The Morgan fingerprint density at radius 2 is 1.64 bits per heavy atom. The molecule has 188 valence electrons. The SMILES string of the molecule is CCOc1cc(/C=N\NC(=O)C(=O)NCc2ccc(OC)cc2)ccc1OCc1ccc(Cl)c(Cl)c1. The van der Waals surface area contributed by atoms with Gasteiger partial charge in [-0.2, -0.15) is 5.10 Å². The van der Waals surface area contributed by atoms with Gasteiger partial charge >= 0.3 is 11.8 Å². The fourth-order valence-electron chi connectivity index (χ4n) is 3.01. The topological polar surface area (TPSA) is 98.2 Å². The van der Waals surface area contributed by atoms with Crippen molar-refractivity contribution < 1.29 is 23.8 Å². The van der Waals surface area contributed by atoms with Crippen molar-refractivity contribution in [3.63, 3.8) is 0 Å². The zero-order valence-corrected chi connectivity index (χ0v) is 21.2. The minimum Gasteiger partial charge on any atom is -0.497 e. The lowest BCUT2D eigenvalue weighted by molar-refractivity contribution is -0.139. The van der Waals surface area contributed by atoms with Crippen molar-refractivity contribution in [1.82, 2.24) is 10.7 Å². The second-order valence-electron chi connectivity index (χ2n) is 7.41. The molecule has 3 aromatic rings. The lowest BCUT2D eigenvalue weighted by atomic mass is 10.2. The van der Waals surface area contributed by atoms with Crippen LogP contribution in [0.1, 0.15) is 23.6 Å². The fourth-order valence-corrected chi connectivity index (χ4v) is 3.33. The Morgan fingerprint density at radius 1 is 0.889 bits per heavy atom. The van der Waals surface area contributed by atoms with E-state index in [-0.39, 0.29) is 13.2 Å². The van der Waals surface area contributed by atoms with E-state index in [1.807, 2.05) is 13.0 Å². The quantitative estimate of drug-likeness (QED) is 0.224. The van der Waals surface area contributed by atoms with Gasteiger partial charge in [0.2, 0.25) is 0 Å². The molecular formula is C26H25Cl2N3O5. The summed E-state index contributed by atoms with van der Waals surface area (Å²) in [6.07, 6.45) is 1.40. The van der Waals surface area contributed by atoms with Crippen molar-refractivity contribution in [2.45, 2.75) is 20.1 Å². The lowest BCUT2D eigenvalue weighted by Gasteiger charge is -2.13. The lowest BCUT2D eigenvalue weighted by Crippen LogP contribution is -2.37. The van der Waals surface area contributed by atoms with Crippen LogP contribution >= 0.6 is 23.2 Å². The van der Waals surface area contributed by atoms with Gasteiger partial charge in [-0.25, -0.2) is 5.43 Å². The Bertz CT molecular complexity index is 1230. The number of hydrogen-bond donors (Lipinski definition) is 2. The molecule has 3 aromatic carbocycles. The van der Waals surface area contributed by atoms with Gasteiger partial charge < -0.3 is 19.5 Å². The first kappa shape index (κ1) is 26.8. The van der Waals surface area contributed by atoms with Gasteiger partial charge in [0.05, 0.1) is 30.0 Å². The van der Waals surface area contributed by atoms with E-state index in [0.717, 1.165) is 11.1 Å². The molecule has 0 saturated heterocycles. The Morgan fingerprint density at radius 3 is 2.33 bits per heavy atom. The molecule has 0 spiro atoms. The summed E-state index contributed by atoms with van der Waals surface area (Å²) < 4.78 is 16.6. The second kappa shape index (κ2) is 13.4. The number of ether oxygens (including phenoxy) is 3. The van der Waals surface area contributed by atoms with E-state index in [2.05, 4.69) is 15.8 Å². The summed E-state index contributed by atoms with van der Waals surface area (Å²) in [5.74, 6) is 0.0539. The largest absolute Gasteiger partial charge is 0.497 e. The Kier molecular flexibility index (Phi) is 9.97. The molecule has 10 heteroatoms. The van der Waals surface area contributed by atoms with Gasteiger partial charge in [0.25, 0.3) is 0 Å². The normalized spacial score (nSPS) is 10.7. The zero-order valence-electron chi connectivity index (χ0n) is 19.7. The second-order valence-corrected chi connectivity index (χ2v) is 8.22. The molecule has 0 saturated carbocycles. The smallest absolute Gasteiger partial charge is 0.329 e. The van der Waals surface area contributed by atoms with Crippen molar-refractivity contribution in [3.8, 4) is 17.2 Å². The third kappa shape index (κ3) is 7.90. The van der Waals surface area contributed by atoms with Crippen LogP contribution in [0.2, 0.25) is 10.0 Å². The average molecular weight is 530 g/mol. The number of rotatable bonds is 10. The number of methoxy groups -OCH3 is 1. The number of nitrogens with one attached hydrogen (secondary N) is 2. The van der Waals surface area contributed by atoms with Crippen LogP contribution in [0.4, 0.5) is 0 Å². The van der Waals surface area contributed by atoms with E-state index < -0.39 is 11.8 Å². The molecule has 0 fully saturated rings. The molecule has 2 amide bonds. The van der Waals surface area contributed by atoms with E-state index in [4.69, 9.17) is 37.4 Å². The number of carbonyl (C=O) groups is 2. The van der Waals surface area contributed by atoms with E-state index in [0.29, 0.717) is 39.5 Å². The molecule has 3 rings (SSSR count). The van der Waals surface area contributed by atoms with Crippen molar-refractivity contribution in [2.75, 3.05) is 13.7 Å². The minimum absolute atomic E-state index is 0.196. The van der Waals surface area contributed by atoms with Crippen LogP contribution in [-0.2, 0) is 22.7 Å². The highest BCUT2D eigenvalue weighted by atomic mass is 35.5. The molecule has 0 aliphatic carbocycles. The first-order chi connectivity index (χ1) is 17.4. The third-order valence-corrected chi connectivity index (χ3v) is 5.58. The minimum atomic E-state index is -0.883. The highest BCUT2D eigenvalue weighted by Gasteiger charge is 2.12. The summed E-state index contributed by atoms with van der Waals surface area (Å²) in [6, 6.07) is 17.6. The molecule has 0 atom stereocenters. The fraction of sp³-hybridized carbons (Fsp3) is 0.192. The van der Waals surface area contributed by atoms with Crippen LogP contribution in [0.5, 0.6) is 17.2 Å². The van der Waals surface area contributed by atoms with Gasteiger partial charge in [-0.05, 0) is 66.1 Å². The maximum Gasteiger partial charge on any atom is 0.329 e. The van der Waals surface area contributed by atoms with Gasteiger partial charge in [-0.15, -0.1) is 0 Å². The molecule has 0 unspecified atom stereocenters. The van der Waals surface area contributed by atoms with Gasteiger partial charge in [-0.3, -0.25) is 9.59 Å². The predicted molar refractivity (Wildman–Crippen MR) is 139 cm³/mol. The van der Waals surface area contributed by atoms with Crippen LogP contribution in [0, 0.1) is 0 Å². The summed E-state index contributed by atoms with van der Waals surface area (Å²) in [5, 5.41) is 7.31. The van der Waals surface area contributed by atoms with Crippen molar-refractivity contribution in [2.24, 2.45) is 5.10 Å². The summed E-state index contributed by atoms with van der Waals surface area (Å²) >= 11 is 12.0. The number of carbonyl (C=O) groups excluding carboxylic acids is 2. The predicted octanol–water partition coefficient (Wildman–Crippen LogP) is 4.75. The van der Waals surface area contributed by atoms with Crippen molar-refractivity contribution >= 4 is 41.2 Å². The maximum absolute atomic E-state index is 12.0. The van der Waals surface area contributed by atoms with Crippen LogP contribution in [0.3, 0.4) is 0 Å². The monoisotopic (exact) mass is 529 g/mol. The van der Waals surface area contributed by atoms with Crippen LogP contribution in [-0.4, -0.2) is 31.7 Å². The Balaban J connectivity index is 1.54. The highest BCUT2D eigenvalue weighted by Crippen LogP contribution is 2.30. The van der Waals surface area contributed by atoms with E-state index in [1.165, 1.54) is 6.21 Å². The van der Waals surface area contributed by atoms with E-state index in [1.54, 1.807) is 61.7 Å². The van der Waals surface area contributed by atoms with E-state index in [9.17, 15) is 9.59 Å². The Hall–Kier alpha value is -3.75. The van der Waals surface area contributed by atoms with Gasteiger partial charge in [-0.1, -0.05) is 41.4 Å². The number of nitrogens with zero attached hydrogens (tertiary/aromatic N) is 1. The molecule has 0 radical (unpaired) electrons. The third-order valence-electron chi connectivity index (χ3n) is 4.84. The number of benzene rings is 3. The van der Waals surface area contributed by atoms with E-state index >= 15 is 0 Å². The first-order valence-electron chi connectivity index (χ1n) is 11.0. The van der Waals surface area contributed by atoms with Gasteiger partial charge in [0.1, 0.15) is 12.4 Å².